The fourth-order valence-electron chi connectivity index (χ4n) is 2.35. The monoisotopic (exact) mass is 395 g/mol. The van der Waals surface area contributed by atoms with Gasteiger partial charge in [0.1, 0.15) is 0 Å². The van der Waals surface area contributed by atoms with Crippen molar-refractivity contribution in [1.82, 2.24) is 5.12 Å². The second-order valence-electron chi connectivity index (χ2n) is 6.66. The van der Waals surface area contributed by atoms with E-state index in [1.54, 1.807) is 24.3 Å². The van der Waals surface area contributed by atoms with Crippen LogP contribution in [0.1, 0.15) is 25.0 Å². The van der Waals surface area contributed by atoms with Crippen LogP contribution < -0.4 is 16.9 Å². The first-order valence-corrected chi connectivity index (χ1v) is 8.66. The number of halogens is 3. The van der Waals surface area contributed by atoms with Gasteiger partial charge in [0.15, 0.2) is 5.84 Å². The van der Waals surface area contributed by atoms with Crippen LogP contribution in [0.3, 0.4) is 0 Å². The number of nitrogens with one attached hydrogen (secondary N) is 1. The van der Waals surface area contributed by atoms with Crippen LogP contribution in [0.5, 0.6) is 0 Å². The predicted octanol–water partition coefficient (Wildman–Crippen LogP) is 3.26. The van der Waals surface area contributed by atoms with Crippen molar-refractivity contribution in [3.8, 4) is 0 Å². The molecule has 0 saturated heterocycles. The summed E-state index contributed by atoms with van der Waals surface area (Å²) in [5.74, 6) is 5.90. The maximum Gasteiger partial charge on any atom is 0.416 e. The highest BCUT2D eigenvalue weighted by molar-refractivity contribution is 6.02. The average molecular weight is 395 g/mol. The number of aliphatic hydroxyl groups excluding tert-OH is 1. The fourth-order valence-corrected chi connectivity index (χ4v) is 2.35. The third kappa shape index (κ3) is 5.86. The van der Waals surface area contributed by atoms with Crippen LogP contribution in [0.25, 0.3) is 0 Å². The number of hydrazine groups is 1. The number of rotatable bonds is 7. The molecular formula is C19H24F3N5O. The van der Waals surface area contributed by atoms with Crippen molar-refractivity contribution in [2.75, 3.05) is 11.9 Å². The van der Waals surface area contributed by atoms with Gasteiger partial charge < -0.3 is 16.2 Å². The molecule has 2 rings (SSSR count). The normalized spacial score (nSPS) is 13.5. The molecule has 2 aromatic rings. The Labute approximate surface area is 161 Å². The number of benzene rings is 2. The van der Waals surface area contributed by atoms with Gasteiger partial charge in [0, 0.05) is 16.9 Å². The second kappa shape index (κ2) is 8.94. The summed E-state index contributed by atoms with van der Waals surface area (Å²) in [5.41, 5.74) is 6.86. The molecule has 6 N–H and O–H groups in total. The smallest absolute Gasteiger partial charge is 0.391 e. The molecule has 0 heterocycles. The van der Waals surface area contributed by atoms with Crippen LogP contribution >= 0.6 is 0 Å². The maximum absolute atomic E-state index is 12.7. The van der Waals surface area contributed by atoms with E-state index in [2.05, 4.69) is 10.4 Å². The number of para-hydroxylation sites is 1. The van der Waals surface area contributed by atoms with Crippen molar-refractivity contribution in [3.05, 3.63) is 59.7 Å². The minimum atomic E-state index is -4.39. The Morgan fingerprint density at radius 1 is 1.14 bits per heavy atom. The second-order valence-corrected chi connectivity index (χ2v) is 6.66. The standard InChI is InChI=1S/C19H24F3N5O/c1-12(2)17(28)11-27(24)26-18(23)15-5-3-4-6-16(15)25-14-9-7-13(8-10-14)19(20,21)22/h3-10,12,17,25,28H,11,24H2,1-2H3,(H2,23,26). The van der Waals surface area contributed by atoms with Crippen molar-refractivity contribution >= 4 is 17.2 Å². The lowest BCUT2D eigenvalue weighted by Gasteiger charge is -2.20. The van der Waals surface area contributed by atoms with Gasteiger partial charge in [-0.05, 0) is 42.3 Å². The van der Waals surface area contributed by atoms with E-state index in [1.165, 1.54) is 12.1 Å². The molecule has 0 radical (unpaired) electrons. The van der Waals surface area contributed by atoms with Crippen LogP contribution in [0.4, 0.5) is 24.5 Å². The van der Waals surface area contributed by atoms with Gasteiger partial charge in [0.05, 0.1) is 18.2 Å². The van der Waals surface area contributed by atoms with E-state index in [-0.39, 0.29) is 18.3 Å². The zero-order valence-electron chi connectivity index (χ0n) is 15.6. The lowest BCUT2D eigenvalue weighted by molar-refractivity contribution is -0.137. The average Bonchev–Trinajstić information content (AvgIpc) is 2.61. The SMILES string of the molecule is CC(C)C(O)CN(N)/N=C(\N)c1ccccc1Nc1ccc(C(F)(F)F)cc1. The molecule has 2 aromatic carbocycles. The summed E-state index contributed by atoms with van der Waals surface area (Å²) in [4.78, 5) is 0. The van der Waals surface area contributed by atoms with Crippen molar-refractivity contribution < 1.29 is 18.3 Å². The number of hydrazone groups is 1. The largest absolute Gasteiger partial charge is 0.416 e. The van der Waals surface area contributed by atoms with Crippen molar-refractivity contribution in [1.29, 1.82) is 0 Å². The highest BCUT2D eigenvalue weighted by Gasteiger charge is 2.29. The van der Waals surface area contributed by atoms with Gasteiger partial charge in [-0.1, -0.05) is 26.0 Å². The Kier molecular flexibility index (Phi) is 6.87. The van der Waals surface area contributed by atoms with Gasteiger partial charge >= 0.3 is 6.18 Å². The van der Waals surface area contributed by atoms with Crippen LogP contribution in [-0.4, -0.2) is 28.7 Å². The van der Waals surface area contributed by atoms with Gasteiger partial charge in [-0.25, -0.2) is 11.0 Å². The molecule has 1 atom stereocenters. The zero-order valence-corrected chi connectivity index (χ0v) is 15.6. The maximum atomic E-state index is 12.7. The summed E-state index contributed by atoms with van der Waals surface area (Å²) >= 11 is 0. The number of nitrogens with zero attached hydrogens (tertiary/aromatic N) is 2. The Hall–Kier alpha value is -2.78. The Balaban J connectivity index is 2.19. The molecule has 0 spiro atoms. The first-order valence-electron chi connectivity index (χ1n) is 8.66. The van der Waals surface area contributed by atoms with Crippen molar-refractivity contribution in [3.63, 3.8) is 0 Å². The number of aliphatic hydroxyl groups is 1. The predicted molar refractivity (Wildman–Crippen MR) is 104 cm³/mol. The molecule has 0 bridgehead atoms. The molecule has 1 unspecified atom stereocenters. The highest BCUT2D eigenvalue weighted by atomic mass is 19.4. The number of alkyl halides is 3. The number of hydrogen-bond donors (Lipinski definition) is 4. The zero-order chi connectivity index (χ0) is 20.9. The summed E-state index contributed by atoms with van der Waals surface area (Å²) in [5, 5.41) is 18.1. The van der Waals surface area contributed by atoms with E-state index in [9.17, 15) is 18.3 Å². The molecular weight excluding hydrogens is 371 g/mol. The summed E-state index contributed by atoms with van der Waals surface area (Å²) < 4.78 is 38.1. The van der Waals surface area contributed by atoms with Crippen molar-refractivity contribution in [2.45, 2.75) is 26.1 Å². The number of anilines is 2. The summed E-state index contributed by atoms with van der Waals surface area (Å²) in [6.45, 7) is 3.82. The molecule has 0 saturated carbocycles. The first kappa shape index (κ1) is 21.5. The van der Waals surface area contributed by atoms with Crippen molar-refractivity contribution in [2.24, 2.45) is 22.6 Å². The first-order chi connectivity index (χ1) is 13.1. The van der Waals surface area contributed by atoms with Crippen LogP contribution in [0.2, 0.25) is 0 Å². The molecule has 28 heavy (non-hydrogen) atoms. The van der Waals surface area contributed by atoms with Gasteiger partial charge in [0.2, 0.25) is 0 Å². The minimum Gasteiger partial charge on any atom is -0.391 e. The van der Waals surface area contributed by atoms with Crippen LogP contribution in [0.15, 0.2) is 53.6 Å². The highest BCUT2D eigenvalue weighted by Crippen LogP contribution is 2.30. The number of nitrogens with two attached hydrogens (primary N) is 2. The molecule has 0 amide bonds. The van der Waals surface area contributed by atoms with Gasteiger partial charge in [-0.15, -0.1) is 5.10 Å². The lowest BCUT2D eigenvalue weighted by Crippen LogP contribution is -2.38. The van der Waals surface area contributed by atoms with E-state index in [0.29, 0.717) is 16.9 Å². The van der Waals surface area contributed by atoms with Gasteiger partial charge in [-0.2, -0.15) is 13.2 Å². The van der Waals surface area contributed by atoms with Crippen LogP contribution in [0, 0.1) is 5.92 Å². The molecule has 0 aliphatic carbocycles. The fraction of sp³-hybridized carbons (Fsp3) is 0.316. The third-order valence-electron chi connectivity index (χ3n) is 4.07. The van der Waals surface area contributed by atoms with E-state index in [1.807, 2.05) is 13.8 Å². The molecule has 0 aliphatic heterocycles. The van der Waals surface area contributed by atoms with E-state index >= 15 is 0 Å². The Morgan fingerprint density at radius 2 is 1.75 bits per heavy atom. The third-order valence-corrected chi connectivity index (χ3v) is 4.07. The molecule has 0 aromatic heterocycles. The molecule has 0 fully saturated rings. The molecule has 9 heteroatoms. The number of amidine groups is 1. The quantitative estimate of drug-likeness (QED) is 0.250. The Morgan fingerprint density at radius 3 is 2.32 bits per heavy atom. The van der Waals surface area contributed by atoms with Gasteiger partial charge in [0.25, 0.3) is 0 Å². The van der Waals surface area contributed by atoms with E-state index in [0.717, 1.165) is 17.3 Å². The van der Waals surface area contributed by atoms with E-state index < -0.39 is 17.8 Å². The van der Waals surface area contributed by atoms with Gasteiger partial charge in [-0.3, -0.25) is 0 Å². The number of hydrogen-bond acceptors (Lipinski definition) is 5. The summed E-state index contributed by atoms with van der Waals surface area (Å²) in [6.07, 6.45) is -5.05. The molecule has 0 aliphatic rings. The Bertz CT molecular complexity index is 806. The summed E-state index contributed by atoms with van der Waals surface area (Å²) in [6, 6.07) is 11.6. The summed E-state index contributed by atoms with van der Waals surface area (Å²) in [7, 11) is 0. The lowest BCUT2D eigenvalue weighted by atomic mass is 10.1. The minimum absolute atomic E-state index is 0.0103. The van der Waals surface area contributed by atoms with E-state index in [4.69, 9.17) is 11.6 Å². The topological polar surface area (TPSA) is 99.9 Å². The molecule has 6 nitrogen and oxygen atoms in total. The van der Waals surface area contributed by atoms with Crippen LogP contribution in [-0.2, 0) is 6.18 Å². The molecule has 152 valence electrons.